The molecule has 2 rings (SSSR count). The van der Waals surface area contributed by atoms with E-state index < -0.39 is 0 Å². The summed E-state index contributed by atoms with van der Waals surface area (Å²) in [5, 5.41) is 6.91. The van der Waals surface area contributed by atoms with Crippen LogP contribution in [0.1, 0.15) is 37.4 Å². The summed E-state index contributed by atoms with van der Waals surface area (Å²) in [7, 11) is 2.07. The first kappa shape index (κ1) is 13.0. The van der Waals surface area contributed by atoms with E-state index >= 15 is 0 Å². The summed E-state index contributed by atoms with van der Waals surface area (Å²) in [5.41, 5.74) is 1.59. The molecule has 1 aromatic heterocycles. The molecule has 0 spiro atoms. The number of aromatic nitrogens is 1. The molecular formula is C13H23N3S. The topological polar surface area (TPSA) is 28.2 Å². The van der Waals surface area contributed by atoms with Gasteiger partial charge < -0.3 is 5.32 Å². The Morgan fingerprint density at radius 2 is 2.18 bits per heavy atom. The molecule has 1 aliphatic heterocycles. The number of nitrogens with zero attached hydrogens (tertiary/aromatic N) is 2. The van der Waals surface area contributed by atoms with Crippen molar-refractivity contribution in [2.45, 2.75) is 45.2 Å². The number of likely N-dealkylation sites (tertiary alicyclic amines) is 1. The average Bonchev–Trinajstić information content (AvgIpc) is 2.80. The Kier molecular flexibility index (Phi) is 4.17. The first-order valence-electron chi connectivity index (χ1n) is 6.50. The summed E-state index contributed by atoms with van der Waals surface area (Å²) in [5.74, 6) is 0. The predicted molar refractivity (Wildman–Crippen MR) is 73.5 cm³/mol. The Labute approximate surface area is 108 Å². The minimum atomic E-state index is 0.340. The van der Waals surface area contributed by atoms with Crippen LogP contribution >= 0.6 is 11.3 Å². The van der Waals surface area contributed by atoms with E-state index in [4.69, 9.17) is 0 Å². The minimum Gasteiger partial charge on any atom is -0.314 e. The molecule has 0 bridgehead atoms. The first-order chi connectivity index (χ1) is 8.15. The SMILES string of the molecule is CCc1nc(CN2CCC(C)(NC)CC2)cs1. The van der Waals surface area contributed by atoms with Gasteiger partial charge in [-0.05, 0) is 33.2 Å². The maximum absolute atomic E-state index is 4.64. The number of piperidine rings is 1. The number of aryl methyl sites for hydroxylation is 1. The molecule has 0 atom stereocenters. The molecular weight excluding hydrogens is 230 g/mol. The molecule has 0 aliphatic carbocycles. The van der Waals surface area contributed by atoms with Crippen LogP contribution < -0.4 is 5.32 Å². The van der Waals surface area contributed by atoms with Gasteiger partial charge in [0, 0.05) is 30.6 Å². The standard InChI is InChI=1S/C13H23N3S/c1-4-12-15-11(10-17-12)9-16-7-5-13(2,14-3)6-8-16/h10,14H,4-9H2,1-3H3. The monoisotopic (exact) mass is 253 g/mol. The lowest BCUT2D eigenvalue weighted by Gasteiger charge is -2.39. The van der Waals surface area contributed by atoms with Crippen LogP contribution in [0.2, 0.25) is 0 Å². The lowest BCUT2D eigenvalue weighted by atomic mass is 9.90. The second-order valence-electron chi connectivity index (χ2n) is 5.17. The van der Waals surface area contributed by atoms with Crippen molar-refractivity contribution in [2.24, 2.45) is 0 Å². The van der Waals surface area contributed by atoms with E-state index in [-0.39, 0.29) is 0 Å². The highest BCUT2D eigenvalue weighted by atomic mass is 32.1. The highest BCUT2D eigenvalue weighted by Gasteiger charge is 2.28. The third-order valence-corrected chi connectivity index (χ3v) is 4.89. The van der Waals surface area contributed by atoms with E-state index in [0.717, 1.165) is 13.0 Å². The summed E-state index contributed by atoms with van der Waals surface area (Å²) in [6, 6.07) is 0. The molecule has 1 saturated heterocycles. The zero-order valence-electron chi connectivity index (χ0n) is 11.1. The van der Waals surface area contributed by atoms with Gasteiger partial charge in [0.05, 0.1) is 10.7 Å². The Morgan fingerprint density at radius 1 is 1.47 bits per heavy atom. The van der Waals surface area contributed by atoms with Crippen LogP contribution in [-0.4, -0.2) is 35.6 Å². The largest absolute Gasteiger partial charge is 0.314 e. The van der Waals surface area contributed by atoms with Crippen LogP contribution in [0.5, 0.6) is 0 Å². The Morgan fingerprint density at radius 3 is 2.71 bits per heavy atom. The van der Waals surface area contributed by atoms with Gasteiger partial charge in [-0.15, -0.1) is 11.3 Å². The average molecular weight is 253 g/mol. The maximum atomic E-state index is 4.64. The minimum absolute atomic E-state index is 0.340. The second kappa shape index (κ2) is 5.46. The van der Waals surface area contributed by atoms with Crippen molar-refractivity contribution < 1.29 is 0 Å². The molecule has 3 nitrogen and oxygen atoms in total. The van der Waals surface area contributed by atoms with Gasteiger partial charge in [-0.1, -0.05) is 6.92 Å². The van der Waals surface area contributed by atoms with Crippen molar-refractivity contribution in [2.75, 3.05) is 20.1 Å². The van der Waals surface area contributed by atoms with Crippen LogP contribution in [0.3, 0.4) is 0 Å². The lowest BCUT2D eigenvalue weighted by molar-refractivity contribution is 0.145. The summed E-state index contributed by atoms with van der Waals surface area (Å²) in [4.78, 5) is 7.16. The van der Waals surface area contributed by atoms with Crippen LogP contribution in [-0.2, 0) is 13.0 Å². The quantitative estimate of drug-likeness (QED) is 0.892. The number of hydrogen-bond donors (Lipinski definition) is 1. The van der Waals surface area contributed by atoms with Crippen molar-refractivity contribution in [3.63, 3.8) is 0 Å². The molecule has 1 aliphatic rings. The smallest absolute Gasteiger partial charge is 0.0926 e. The van der Waals surface area contributed by atoms with Crippen LogP contribution in [0.4, 0.5) is 0 Å². The van der Waals surface area contributed by atoms with Crippen molar-refractivity contribution >= 4 is 11.3 Å². The fourth-order valence-corrected chi connectivity index (χ4v) is 3.00. The van der Waals surface area contributed by atoms with E-state index in [1.54, 1.807) is 11.3 Å². The van der Waals surface area contributed by atoms with Crippen LogP contribution in [0.15, 0.2) is 5.38 Å². The number of thiazole rings is 1. The summed E-state index contributed by atoms with van der Waals surface area (Å²) in [6.45, 7) is 7.87. The van der Waals surface area contributed by atoms with E-state index in [2.05, 4.69) is 41.5 Å². The molecule has 1 N–H and O–H groups in total. The second-order valence-corrected chi connectivity index (χ2v) is 6.12. The number of rotatable bonds is 4. The molecule has 0 radical (unpaired) electrons. The zero-order valence-corrected chi connectivity index (χ0v) is 11.9. The maximum Gasteiger partial charge on any atom is 0.0926 e. The molecule has 2 heterocycles. The van der Waals surface area contributed by atoms with E-state index in [0.29, 0.717) is 5.54 Å². The summed E-state index contributed by atoms with van der Waals surface area (Å²) < 4.78 is 0. The molecule has 17 heavy (non-hydrogen) atoms. The molecule has 96 valence electrons. The third kappa shape index (κ3) is 3.27. The predicted octanol–water partition coefficient (Wildman–Crippen LogP) is 2.28. The van der Waals surface area contributed by atoms with Gasteiger partial charge in [-0.2, -0.15) is 0 Å². The lowest BCUT2D eigenvalue weighted by Crippen LogP contribution is -2.49. The third-order valence-electron chi connectivity index (χ3n) is 3.85. The van der Waals surface area contributed by atoms with Crippen molar-refractivity contribution in [1.29, 1.82) is 0 Å². The number of nitrogens with one attached hydrogen (secondary N) is 1. The van der Waals surface area contributed by atoms with Crippen molar-refractivity contribution in [1.82, 2.24) is 15.2 Å². The molecule has 4 heteroatoms. The van der Waals surface area contributed by atoms with Gasteiger partial charge in [0.2, 0.25) is 0 Å². The highest BCUT2D eigenvalue weighted by Crippen LogP contribution is 2.22. The van der Waals surface area contributed by atoms with Crippen molar-refractivity contribution in [3.05, 3.63) is 16.1 Å². The molecule has 0 saturated carbocycles. The first-order valence-corrected chi connectivity index (χ1v) is 7.38. The van der Waals surface area contributed by atoms with Crippen LogP contribution in [0, 0.1) is 0 Å². The summed E-state index contributed by atoms with van der Waals surface area (Å²) >= 11 is 1.79. The van der Waals surface area contributed by atoms with Gasteiger partial charge in [0.15, 0.2) is 0 Å². The number of hydrogen-bond acceptors (Lipinski definition) is 4. The molecule has 0 aromatic carbocycles. The fraction of sp³-hybridized carbons (Fsp3) is 0.769. The molecule has 0 amide bonds. The zero-order chi connectivity index (χ0) is 12.3. The normalized spacial score (nSPS) is 20.6. The van der Waals surface area contributed by atoms with Gasteiger partial charge in [-0.3, -0.25) is 4.90 Å². The van der Waals surface area contributed by atoms with E-state index in [9.17, 15) is 0 Å². The Hall–Kier alpha value is -0.450. The van der Waals surface area contributed by atoms with Gasteiger partial charge in [0.1, 0.15) is 0 Å². The summed E-state index contributed by atoms with van der Waals surface area (Å²) in [6.07, 6.45) is 3.52. The fourth-order valence-electron chi connectivity index (χ4n) is 2.27. The Bertz CT molecular complexity index is 353. The highest BCUT2D eigenvalue weighted by molar-refractivity contribution is 7.09. The van der Waals surface area contributed by atoms with Crippen LogP contribution in [0.25, 0.3) is 0 Å². The van der Waals surface area contributed by atoms with Gasteiger partial charge in [0.25, 0.3) is 0 Å². The van der Waals surface area contributed by atoms with E-state index in [1.165, 1.54) is 36.6 Å². The molecule has 1 aromatic rings. The van der Waals surface area contributed by atoms with Gasteiger partial charge in [-0.25, -0.2) is 4.98 Å². The Balaban J connectivity index is 1.85. The van der Waals surface area contributed by atoms with E-state index in [1.807, 2.05) is 0 Å². The molecule has 1 fully saturated rings. The van der Waals surface area contributed by atoms with Crippen molar-refractivity contribution in [3.8, 4) is 0 Å². The van der Waals surface area contributed by atoms with Gasteiger partial charge >= 0.3 is 0 Å². The molecule has 0 unspecified atom stereocenters.